The molecule has 0 aliphatic carbocycles. The van der Waals surface area contributed by atoms with Crippen molar-refractivity contribution < 1.29 is 23.1 Å². The molecule has 2 heterocycles. The van der Waals surface area contributed by atoms with E-state index in [1.807, 2.05) is 5.38 Å². The van der Waals surface area contributed by atoms with Crippen molar-refractivity contribution >= 4 is 23.1 Å². The molecule has 140 valence electrons. The standard InChI is InChI=1S/C17H18F3N3O2S/c18-17(19,20)10-23-7-11-2-1-3-14(13(11)8-23)22-16(25)21-6-15(24)12-4-5-26-9-12/h1-5,9,15,24H,6-8,10H2,(H2,21,22,25). The molecule has 0 spiro atoms. The number of amides is 2. The third kappa shape index (κ3) is 4.75. The Kier molecular flexibility index (Phi) is 5.49. The minimum Gasteiger partial charge on any atom is -0.387 e. The summed E-state index contributed by atoms with van der Waals surface area (Å²) < 4.78 is 37.8. The number of carbonyl (C=O) groups excluding carboxylic acids is 1. The summed E-state index contributed by atoms with van der Waals surface area (Å²) in [7, 11) is 0. The summed E-state index contributed by atoms with van der Waals surface area (Å²) in [6, 6.07) is 6.38. The summed E-state index contributed by atoms with van der Waals surface area (Å²) in [4.78, 5) is 13.4. The van der Waals surface area contributed by atoms with Crippen LogP contribution in [0.5, 0.6) is 0 Å². The third-order valence-corrected chi connectivity index (χ3v) is 4.79. The summed E-state index contributed by atoms with van der Waals surface area (Å²) in [5.41, 5.74) is 2.66. The van der Waals surface area contributed by atoms with Crippen molar-refractivity contribution in [3.8, 4) is 0 Å². The van der Waals surface area contributed by atoms with Gasteiger partial charge in [0.1, 0.15) is 0 Å². The Morgan fingerprint density at radius 3 is 2.81 bits per heavy atom. The molecule has 0 saturated heterocycles. The largest absolute Gasteiger partial charge is 0.401 e. The fourth-order valence-corrected chi connectivity index (χ4v) is 3.62. The van der Waals surface area contributed by atoms with Crippen molar-refractivity contribution in [2.75, 3.05) is 18.4 Å². The first-order valence-corrected chi connectivity index (χ1v) is 8.91. The van der Waals surface area contributed by atoms with Crippen molar-refractivity contribution in [2.45, 2.75) is 25.4 Å². The highest BCUT2D eigenvalue weighted by molar-refractivity contribution is 7.07. The fraction of sp³-hybridized carbons (Fsp3) is 0.353. The molecule has 5 nitrogen and oxygen atoms in total. The maximum atomic E-state index is 12.6. The van der Waals surface area contributed by atoms with Crippen LogP contribution in [0.15, 0.2) is 35.0 Å². The minimum absolute atomic E-state index is 0.0395. The molecule has 9 heteroatoms. The summed E-state index contributed by atoms with van der Waals surface area (Å²) in [6.07, 6.45) is -5.07. The van der Waals surface area contributed by atoms with Crippen LogP contribution in [-0.4, -0.2) is 35.3 Å². The number of nitrogens with zero attached hydrogens (tertiary/aromatic N) is 1. The van der Waals surface area contributed by atoms with E-state index in [4.69, 9.17) is 0 Å². The van der Waals surface area contributed by atoms with Crippen molar-refractivity contribution in [3.63, 3.8) is 0 Å². The first kappa shape index (κ1) is 18.7. The first-order valence-electron chi connectivity index (χ1n) is 7.97. The molecule has 0 radical (unpaired) electrons. The molecule has 1 aromatic carbocycles. The van der Waals surface area contributed by atoms with Gasteiger partial charge in [-0.25, -0.2) is 4.79 Å². The van der Waals surface area contributed by atoms with E-state index in [9.17, 15) is 23.1 Å². The maximum Gasteiger partial charge on any atom is 0.401 e. The number of hydrogen-bond donors (Lipinski definition) is 3. The first-order chi connectivity index (χ1) is 12.3. The number of anilines is 1. The number of benzene rings is 1. The number of aliphatic hydroxyl groups excluding tert-OH is 1. The van der Waals surface area contributed by atoms with Crippen molar-refractivity contribution in [1.29, 1.82) is 0 Å². The number of nitrogens with one attached hydrogen (secondary N) is 2. The number of rotatable bonds is 5. The molecule has 1 atom stereocenters. The smallest absolute Gasteiger partial charge is 0.387 e. The van der Waals surface area contributed by atoms with Gasteiger partial charge < -0.3 is 15.7 Å². The molecule has 3 rings (SSSR count). The number of thiophene rings is 1. The van der Waals surface area contributed by atoms with E-state index in [1.54, 1.807) is 29.6 Å². The maximum absolute atomic E-state index is 12.6. The number of hydrogen-bond acceptors (Lipinski definition) is 4. The van der Waals surface area contributed by atoms with Gasteiger partial charge in [0.15, 0.2) is 0 Å². The summed E-state index contributed by atoms with van der Waals surface area (Å²) in [6.45, 7) is -0.621. The highest BCUT2D eigenvalue weighted by atomic mass is 32.1. The van der Waals surface area contributed by atoms with Gasteiger partial charge in [0.25, 0.3) is 0 Å². The van der Waals surface area contributed by atoms with Gasteiger partial charge in [-0.3, -0.25) is 4.90 Å². The molecule has 2 amide bonds. The molecule has 1 aliphatic heterocycles. The van der Waals surface area contributed by atoms with Crippen LogP contribution >= 0.6 is 11.3 Å². The fourth-order valence-electron chi connectivity index (χ4n) is 2.91. The second-order valence-corrected chi connectivity index (χ2v) is 6.89. The molecule has 1 aromatic heterocycles. The second-order valence-electron chi connectivity index (χ2n) is 6.11. The summed E-state index contributed by atoms with van der Waals surface area (Å²) in [5, 5.41) is 18.8. The Balaban J connectivity index is 1.58. The normalized spacial score (nSPS) is 15.5. The monoisotopic (exact) mass is 385 g/mol. The zero-order valence-corrected chi connectivity index (χ0v) is 14.5. The molecule has 26 heavy (non-hydrogen) atoms. The number of carbonyl (C=O) groups is 1. The Bertz CT molecular complexity index is 765. The van der Waals surface area contributed by atoms with Crippen LogP contribution in [0.2, 0.25) is 0 Å². The quantitative estimate of drug-likeness (QED) is 0.738. The molecule has 0 saturated carbocycles. The number of urea groups is 1. The highest BCUT2D eigenvalue weighted by Gasteiger charge is 2.34. The Morgan fingerprint density at radius 2 is 2.12 bits per heavy atom. The Morgan fingerprint density at radius 1 is 1.31 bits per heavy atom. The SMILES string of the molecule is O=C(NCC(O)c1ccsc1)Nc1cccc2c1CN(CC(F)(F)F)C2. The number of fused-ring (bicyclic) bond motifs is 1. The molecule has 0 bridgehead atoms. The van der Waals surface area contributed by atoms with Crippen LogP contribution in [0.3, 0.4) is 0 Å². The lowest BCUT2D eigenvalue weighted by molar-refractivity contribution is -0.146. The van der Waals surface area contributed by atoms with Gasteiger partial charge in [0.05, 0.1) is 12.6 Å². The van der Waals surface area contributed by atoms with Gasteiger partial charge in [-0.1, -0.05) is 12.1 Å². The lowest BCUT2D eigenvalue weighted by Gasteiger charge is -2.17. The lowest BCUT2D eigenvalue weighted by Crippen LogP contribution is -2.32. The van der Waals surface area contributed by atoms with Crippen molar-refractivity contribution in [2.24, 2.45) is 0 Å². The van der Waals surface area contributed by atoms with Gasteiger partial charge in [0, 0.05) is 25.3 Å². The topological polar surface area (TPSA) is 64.6 Å². The molecule has 2 aromatic rings. The van der Waals surface area contributed by atoms with Crippen LogP contribution in [0, 0.1) is 0 Å². The summed E-state index contributed by atoms with van der Waals surface area (Å²) in [5.74, 6) is 0. The van der Waals surface area contributed by atoms with E-state index in [1.165, 1.54) is 16.2 Å². The van der Waals surface area contributed by atoms with Crippen LogP contribution in [0.25, 0.3) is 0 Å². The lowest BCUT2D eigenvalue weighted by atomic mass is 10.1. The van der Waals surface area contributed by atoms with Crippen LogP contribution < -0.4 is 10.6 Å². The predicted octanol–water partition coefficient (Wildman–Crippen LogP) is 3.48. The average molecular weight is 385 g/mol. The van der Waals surface area contributed by atoms with Crippen molar-refractivity contribution in [1.82, 2.24) is 10.2 Å². The van der Waals surface area contributed by atoms with Crippen LogP contribution in [0.4, 0.5) is 23.7 Å². The van der Waals surface area contributed by atoms with Gasteiger partial charge in [-0.2, -0.15) is 24.5 Å². The van der Waals surface area contributed by atoms with Crippen LogP contribution in [0.1, 0.15) is 22.8 Å². The third-order valence-electron chi connectivity index (χ3n) is 4.08. The van der Waals surface area contributed by atoms with Gasteiger partial charge >= 0.3 is 12.2 Å². The zero-order chi connectivity index (χ0) is 18.7. The average Bonchev–Trinajstić information content (AvgIpc) is 3.20. The molecule has 0 fully saturated rings. The van der Waals surface area contributed by atoms with E-state index < -0.39 is 24.9 Å². The Labute approximate surface area is 152 Å². The molecular formula is C17H18F3N3O2S. The van der Waals surface area contributed by atoms with E-state index in [0.29, 0.717) is 11.3 Å². The second kappa shape index (κ2) is 7.65. The van der Waals surface area contributed by atoms with Crippen molar-refractivity contribution in [3.05, 3.63) is 51.7 Å². The molecule has 1 aliphatic rings. The number of halogens is 3. The van der Waals surface area contributed by atoms with Crippen LogP contribution in [-0.2, 0) is 13.1 Å². The minimum atomic E-state index is -4.26. The summed E-state index contributed by atoms with van der Waals surface area (Å²) >= 11 is 1.45. The number of aliphatic hydroxyl groups is 1. The molecule has 1 unspecified atom stereocenters. The predicted molar refractivity (Wildman–Crippen MR) is 92.9 cm³/mol. The molecular weight excluding hydrogens is 367 g/mol. The van der Waals surface area contributed by atoms with Gasteiger partial charge in [-0.15, -0.1) is 0 Å². The molecule has 3 N–H and O–H groups in total. The van der Waals surface area contributed by atoms with Gasteiger partial charge in [-0.05, 0) is 39.6 Å². The van der Waals surface area contributed by atoms with E-state index in [2.05, 4.69) is 10.6 Å². The van der Waals surface area contributed by atoms with E-state index in [-0.39, 0.29) is 19.6 Å². The number of alkyl halides is 3. The highest BCUT2D eigenvalue weighted by Crippen LogP contribution is 2.31. The van der Waals surface area contributed by atoms with Gasteiger partial charge in [0.2, 0.25) is 0 Å². The van der Waals surface area contributed by atoms with E-state index >= 15 is 0 Å². The van der Waals surface area contributed by atoms with E-state index in [0.717, 1.165) is 11.1 Å². The Hall–Kier alpha value is -2.10. The zero-order valence-electron chi connectivity index (χ0n) is 13.7.